The van der Waals surface area contributed by atoms with Gasteiger partial charge >= 0.3 is 5.97 Å². The lowest BCUT2D eigenvalue weighted by molar-refractivity contribution is 0.0469. The van der Waals surface area contributed by atoms with Crippen LogP contribution >= 0.6 is 0 Å². The average Bonchev–Trinajstić information content (AvgIpc) is 2.47. The number of aliphatic hydroxyl groups excluding tert-OH is 1. The van der Waals surface area contributed by atoms with Crippen LogP contribution in [0.25, 0.3) is 0 Å². The van der Waals surface area contributed by atoms with Crippen molar-refractivity contribution in [1.82, 2.24) is 0 Å². The zero-order valence-corrected chi connectivity index (χ0v) is 11.3. The van der Waals surface area contributed by atoms with Crippen LogP contribution in [0.15, 0.2) is 54.6 Å². The molecule has 0 bridgehead atoms. The molecule has 2 rings (SSSR count). The normalized spacial score (nSPS) is 9.30. The fraction of sp³-hybridized carbons (Fsp3) is 0.188. The van der Waals surface area contributed by atoms with E-state index in [1.165, 1.54) is 12.1 Å². The summed E-state index contributed by atoms with van der Waals surface area (Å²) in [4.78, 5) is 11.7. The number of hydrogen-bond acceptors (Lipinski definition) is 4. The maximum Gasteiger partial charge on any atom is 0.342 e. The molecule has 2 N–H and O–H groups in total. The number of carbonyl (C=O) groups excluding carboxylic acids is 1. The molecule has 0 fully saturated rings. The highest BCUT2D eigenvalue weighted by molar-refractivity contribution is 5.92. The Morgan fingerprint density at radius 1 is 1.05 bits per heavy atom. The van der Waals surface area contributed by atoms with Gasteiger partial charge in [0.25, 0.3) is 0 Å². The summed E-state index contributed by atoms with van der Waals surface area (Å²) >= 11 is 0. The fourth-order valence-corrected chi connectivity index (χ4v) is 1.45. The summed E-state index contributed by atoms with van der Waals surface area (Å²) in [6, 6.07) is 15.7. The molecule has 0 saturated carbocycles. The number of carbonyl (C=O) groups is 1. The van der Waals surface area contributed by atoms with E-state index in [0.717, 1.165) is 5.56 Å². The molecule has 0 aliphatic carbocycles. The molecule has 2 aromatic rings. The van der Waals surface area contributed by atoms with E-state index in [1.54, 1.807) is 19.1 Å². The minimum absolute atomic E-state index is 0.0643. The molecule has 4 heteroatoms. The van der Waals surface area contributed by atoms with E-state index < -0.39 is 5.97 Å². The third-order valence-electron chi connectivity index (χ3n) is 2.34. The monoisotopic (exact) mass is 274 g/mol. The van der Waals surface area contributed by atoms with Crippen molar-refractivity contribution in [3.8, 4) is 5.75 Å². The second-order valence-electron chi connectivity index (χ2n) is 3.90. The zero-order valence-electron chi connectivity index (χ0n) is 11.3. The van der Waals surface area contributed by atoms with Crippen LogP contribution in [0.5, 0.6) is 5.75 Å². The lowest BCUT2D eigenvalue weighted by atomic mass is 10.2. The summed E-state index contributed by atoms with van der Waals surface area (Å²) in [6.07, 6.45) is 0. The van der Waals surface area contributed by atoms with Crippen LogP contribution in [-0.2, 0) is 11.3 Å². The maximum absolute atomic E-state index is 11.7. The Bertz CT molecular complexity index is 523. The summed E-state index contributed by atoms with van der Waals surface area (Å²) in [5, 5.41) is 17.0. The second-order valence-corrected chi connectivity index (χ2v) is 3.90. The van der Waals surface area contributed by atoms with E-state index in [-0.39, 0.29) is 24.5 Å². The molecule has 2 aromatic carbocycles. The van der Waals surface area contributed by atoms with Crippen molar-refractivity contribution in [2.45, 2.75) is 13.5 Å². The van der Waals surface area contributed by atoms with E-state index >= 15 is 0 Å². The first-order valence-corrected chi connectivity index (χ1v) is 6.29. The predicted octanol–water partition coefficient (Wildman–Crippen LogP) is 2.75. The molecule has 0 aliphatic heterocycles. The minimum atomic E-state index is -0.521. The molecule has 0 spiro atoms. The number of aromatic hydroxyl groups is 1. The van der Waals surface area contributed by atoms with Crippen molar-refractivity contribution < 1.29 is 19.7 Å². The van der Waals surface area contributed by atoms with Crippen LogP contribution in [0.3, 0.4) is 0 Å². The van der Waals surface area contributed by atoms with Crippen LogP contribution in [0.4, 0.5) is 0 Å². The first-order chi connectivity index (χ1) is 9.69. The quantitative estimate of drug-likeness (QED) is 0.845. The van der Waals surface area contributed by atoms with Gasteiger partial charge in [-0.05, 0) is 24.6 Å². The van der Waals surface area contributed by atoms with E-state index in [2.05, 4.69) is 0 Å². The standard InChI is InChI=1S/C14H12O3.C2H6O/c15-13-9-5-4-8-12(13)14(16)17-10-11-6-2-1-3-7-11;1-2-3/h1-9,15H,10H2;3H,2H2,1H3. The average molecular weight is 274 g/mol. The number of ether oxygens (including phenoxy) is 1. The Hall–Kier alpha value is -2.33. The molecule has 0 aliphatic rings. The van der Waals surface area contributed by atoms with Gasteiger partial charge in [0.1, 0.15) is 17.9 Å². The zero-order chi connectivity index (χ0) is 14.8. The molecule has 0 radical (unpaired) electrons. The highest BCUT2D eigenvalue weighted by atomic mass is 16.5. The summed E-state index contributed by atoms with van der Waals surface area (Å²) < 4.78 is 5.10. The molecule has 0 amide bonds. The second kappa shape index (κ2) is 8.72. The van der Waals surface area contributed by atoms with Gasteiger partial charge in [-0.25, -0.2) is 4.79 Å². The molecule has 0 aromatic heterocycles. The van der Waals surface area contributed by atoms with E-state index in [1.807, 2.05) is 30.3 Å². The molecular weight excluding hydrogens is 256 g/mol. The van der Waals surface area contributed by atoms with Crippen LogP contribution in [0.1, 0.15) is 22.8 Å². The van der Waals surface area contributed by atoms with Gasteiger partial charge in [-0.2, -0.15) is 0 Å². The van der Waals surface area contributed by atoms with Crippen LogP contribution < -0.4 is 0 Å². The number of rotatable bonds is 3. The Morgan fingerprint density at radius 2 is 1.60 bits per heavy atom. The van der Waals surface area contributed by atoms with E-state index in [0.29, 0.717) is 0 Å². The Balaban J connectivity index is 0.000000612. The third kappa shape index (κ3) is 5.12. The maximum atomic E-state index is 11.7. The van der Waals surface area contributed by atoms with Gasteiger partial charge in [-0.15, -0.1) is 0 Å². The number of aliphatic hydroxyl groups is 1. The molecule has 4 nitrogen and oxygen atoms in total. The van der Waals surface area contributed by atoms with Crippen molar-refractivity contribution in [1.29, 1.82) is 0 Å². The summed E-state index contributed by atoms with van der Waals surface area (Å²) in [5.41, 5.74) is 1.10. The Kier molecular flexibility index (Phi) is 6.85. The highest BCUT2D eigenvalue weighted by Gasteiger charge is 2.11. The molecular formula is C16H18O4. The molecule has 0 unspecified atom stereocenters. The van der Waals surface area contributed by atoms with Crippen LogP contribution in [0.2, 0.25) is 0 Å². The number of esters is 1. The lowest BCUT2D eigenvalue weighted by Crippen LogP contribution is -2.05. The number of benzene rings is 2. The summed E-state index contributed by atoms with van der Waals surface area (Å²) in [5.74, 6) is -0.586. The largest absolute Gasteiger partial charge is 0.507 e. The van der Waals surface area contributed by atoms with Crippen molar-refractivity contribution in [3.05, 3.63) is 65.7 Å². The third-order valence-corrected chi connectivity index (χ3v) is 2.34. The van der Waals surface area contributed by atoms with Gasteiger partial charge in [-0.3, -0.25) is 0 Å². The van der Waals surface area contributed by atoms with Gasteiger partial charge < -0.3 is 14.9 Å². The molecule has 0 saturated heterocycles. The molecule has 0 atom stereocenters. The van der Waals surface area contributed by atoms with Crippen molar-refractivity contribution >= 4 is 5.97 Å². The lowest BCUT2D eigenvalue weighted by Gasteiger charge is -2.05. The fourth-order valence-electron chi connectivity index (χ4n) is 1.45. The molecule has 0 heterocycles. The number of para-hydroxylation sites is 1. The number of phenols is 1. The van der Waals surface area contributed by atoms with Gasteiger partial charge in [0, 0.05) is 6.61 Å². The summed E-state index contributed by atoms with van der Waals surface area (Å²) in [7, 11) is 0. The van der Waals surface area contributed by atoms with Crippen molar-refractivity contribution in [2.75, 3.05) is 6.61 Å². The number of phenolic OH excluding ortho intramolecular Hbond substituents is 1. The Labute approximate surface area is 118 Å². The highest BCUT2D eigenvalue weighted by Crippen LogP contribution is 2.17. The van der Waals surface area contributed by atoms with Gasteiger partial charge in [-0.1, -0.05) is 42.5 Å². The molecule has 106 valence electrons. The predicted molar refractivity (Wildman–Crippen MR) is 76.4 cm³/mol. The van der Waals surface area contributed by atoms with Gasteiger partial charge in [0.2, 0.25) is 0 Å². The topological polar surface area (TPSA) is 66.8 Å². The smallest absolute Gasteiger partial charge is 0.342 e. The van der Waals surface area contributed by atoms with E-state index in [4.69, 9.17) is 9.84 Å². The van der Waals surface area contributed by atoms with Gasteiger partial charge in [0.15, 0.2) is 0 Å². The first kappa shape index (κ1) is 15.7. The van der Waals surface area contributed by atoms with Crippen molar-refractivity contribution in [3.63, 3.8) is 0 Å². The van der Waals surface area contributed by atoms with E-state index in [9.17, 15) is 9.90 Å². The Morgan fingerprint density at radius 3 is 2.20 bits per heavy atom. The van der Waals surface area contributed by atoms with Crippen LogP contribution in [0, 0.1) is 0 Å². The van der Waals surface area contributed by atoms with Gasteiger partial charge in [0.05, 0.1) is 0 Å². The number of hydrogen-bond donors (Lipinski definition) is 2. The summed E-state index contributed by atoms with van der Waals surface area (Å²) in [6.45, 7) is 2.13. The van der Waals surface area contributed by atoms with Crippen LogP contribution in [-0.4, -0.2) is 22.8 Å². The minimum Gasteiger partial charge on any atom is -0.507 e. The first-order valence-electron chi connectivity index (χ1n) is 6.29. The molecule has 20 heavy (non-hydrogen) atoms. The van der Waals surface area contributed by atoms with Crippen molar-refractivity contribution in [2.24, 2.45) is 0 Å². The SMILES string of the molecule is CCO.O=C(OCc1ccccc1)c1ccccc1O.